The summed E-state index contributed by atoms with van der Waals surface area (Å²) < 4.78 is 4.76. The summed E-state index contributed by atoms with van der Waals surface area (Å²) in [6, 6.07) is 4.84. The molecule has 0 unspecified atom stereocenters. The molecular weight excluding hydrogens is 204 g/mol. The Balaban J connectivity index is 3.88. The first-order valence-electron chi connectivity index (χ1n) is 4.92. The average molecular weight is 223 g/mol. The van der Waals surface area contributed by atoms with Crippen LogP contribution in [0.5, 0.6) is 0 Å². The number of carbonyl (C=O) groups excluding carboxylic acids is 1. The number of hydrogen-bond donors (Lipinski definition) is 0. The highest BCUT2D eigenvalue weighted by atomic mass is 35.5. The summed E-state index contributed by atoms with van der Waals surface area (Å²) in [5.74, 6) is 0. The van der Waals surface area contributed by atoms with E-state index in [1.165, 1.54) is 18.1 Å². The van der Waals surface area contributed by atoms with Crippen molar-refractivity contribution in [2.24, 2.45) is 0 Å². The molecule has 0 rings (SSSR count). The molecule has 0 aliphatic rings. The zero-order valence-corrected chi connectivity index (χ0v) is 10.5. The highest BCUT2D eigenvalue weighted by Crippen LogP contribution is 2.24. The molecule has 0 saturated carbocycles. The minimum Gasteiger partial charge on any atom is -0.454 e. The van der Waals surface area contributed by atoms with Gasteiger partial charge in [-0.2, -0.15) is 0 Å². The van der Waals surface area contributed by atoms with E-state index in [1.54, 1.807) is 0 Å². The molecule has 0 aromatic heterocycles. The summed E-state index contributed by atoms with van der Waals surface area (Å²) in [5.41, 5.74) is -0.675. The lowest BCUT2D eigenvalue weighted by atomic mass is 10.8. The van der Waals surface area contributed by atoms with Crippen LogP contribution in [0.2, 0.25) is 24.2 Å². The maximum absolute atomic E-state index is 10.4. The lowest BCUT2D eigenvalue weighted by molar-refractivity contribution is 0.179. The van der Waals surface area contributed by atoms with E-state index in [4.69, 9.17) is 16.3 Å². The van der Waals surface area contributed by atoms with Crippen molar-refractivity contribution in [3.63, 3.8) is 0 Å². The van der Waals surface area contributed by atoms with Gasteiger partial charge in [0.05, 0.1) is 14.7 Å². The van der Waals surface area contributed by atoms with Gasteiger partial charge in [0.1, 0.15) is 0 Å². The quantitative estimate of drug-likeness (QED) is 0.504. The van der Waals surface area contributed by atoms with Crippen molar-refractivity contribution < 1.29 is 9.53 Å². The van der Waals surface area contributed by atoms with Gasteiger partial charge >= 0.3 is 5.43 Å². The van der Waals surface area contributed by atoms with E-state index in [0.29, 0.717) is 6.61 Å². The molecule has 0 amide bonds. The van der Waals surface area contributed by atoms with Crippen molar-refractivity contribution in [3.05, 3.63) is 0 Å². The Kier molecular flexibility index (Phi) is 6.42. The molecule has 0 bridgehead atoms. The Bertz CT molecular complexity index is 149. The third-order valence-electron chi connectivity index (χ3n) is 3.10. The van der Waals surface area contributed by atoms with Crippen molar-refractivity contribution in [1.29, 1.82) is 0 Å². The van der Waals surface area contributed by atoms with E-state index in [9.17, 15) is 4.79 Å². The highest BCUT2D eigenvalue weighted by Gasteiger charge is 2.26. The number of hydrogen-bond acceptors (Lipinski definition) is 2. The van der Waals surface area contributed by atoms with Gasteiger partial charge in [0.2, 0.25) is 0 Å². The molecule has 4 heteroatoms. The van der Waals surface area contributed by atoms with Crippen LogP contribution in [0, 0.1) is 0 Å². The summed E-state index contributed by atoms with van der Waals surface area (Å²) >= 11 is 5.09. The van der Waals surface area contributed by atoms with Gasteiger partial charge in [0, 0.05) is 11.6 Å². The first kappa shape index (κ1) is 13.0. The maximum Gasteiger partial charge on any atom is 0.403 e. The van der Waals surface area contributed by atoms with Gasteiger partial charge in [0.15, 0.2) is 0 Å². The van der Waals surface area contributed by atoms with E-state index in [2.05, 4.69) is 20.8 Å². The molecule has 0 aromatic carbocycles. The van der Waals surface area contributed by atoms with Gasteiger partial charge in [-0.25, -0.2) is 4.79 Å². The molecule has 0 spiro atoms. The standard InChI is InChI=1S/C9H19ClO2Si/c1-4-13(5-2,6-3)8-7-12-9(10)11/h4-8H2,1-3H3. The van der Waals surface area contributed by atoms with Crippen molar-refractivity contribution in [3.8, 4) is 0 Å². The van der Waals surface area contributed by atoms with Gasteiger partial charge in [0.25, 0.3) is 0 Å². The van der Waals surface area contributed by atoms with E-state index in [1.807, 2.05) is 0 Å². The minimum absolute atomic E-state index is 0.504. The second kappa shape index (κ2) is 6.43. The molecule has 2 nitrogen and oxygen atoms in total. The van der Waals surface area contributed by atoms with Crippen molar-refractivity contribution in [1.82, 2.24) is 0 Å². The summed E-state index contributed by atoms with van der Waals surface area (Å²) in [4.78, 5) is 10.4. The summed E-state index contributed by atoms with van der Waals surface area (Å²) in [7, 11) is -1.12. The van der Waals surface area contributed by atoms with Crippen LogP contribution in [-0.4, -0.2) is 20.1 Å². The fourth-order valence-corrected chi connectivity index (χ4v) is 4.80. The normalized spacial score (nSPS) is 11.4. The van der Waals surface area contributed by atoms with Gasteiger partial charge < -0.3 is 4.74 Å². The average Bonchev–Trinajstić information content (AvgIpc) is 2.13. The summed E-state index contributed by atoms with van der Waals surface area (Å²) in [5, 5.41) is 0. The fraction of sp³-hybridized carbons (Fsp3) is 0.889. The van der Waals surface area contributed by atoms with Crippen LogP contribution in [0.4, 0.5) is 4.79 Å². The zero-order valence-electron chi connectivity index (χ0n) is 8.73. The molecule has 0 aliphatic carbocycles. The molecule has 0 atom stereocenters. The number of ether oxygens (including phenoxy) is 1. The largest absolute Gasteiger partial charge is 0.454 e. The van der Waals surface area contributed by atoms with Gasteiger partial charge in [-0.05, 0) is 6.04 Å². The van der Waals surface area contributed by atoms with Crippen LogP contribution in [-0.2, 0) is 4.74 Å². The van der Waals surface area contributed by atoms with Crippen molar-refractivity contribution in [2.75, 3.05) is 6.61 Å². The Morgan fingerprint density at radius 2 is 1.69 bits per heavy atom. The van der Waals surface area contributed by atoms with Crippen LogP contribution < -0.4 is 0 Å². The first-order chi connectivity index (χ1) is 6.10. The monoisotopic (exact) mass is 222 g/mol. The van der Waals surface area contributed by atoms with Gasteiger partial charge in [-0.1, -0.05) is 38.9 Å². The van der Waals surface area contributed by atoms with Crippen LogP contribution in [0.15, 0.2) is 0 Å². The number of rotatable bonds is 6. The van der Waals surface area contributed by atoms with Crippen molar-refractivity contribution in [2.45, 2.75) is 44.9 Å². The van der Waals surface area contributed by atoms with Crippen molar-refractivity contribution >= 4 is 25.1 Å². The third-order valence-corrected chi connectivity index (χ3v) is 8.97. The number of carbonyl (C=O) groups is 1. The minimum atomic E-state index is -1.12. The molecule has 0 N–H and O–H groups in total. The smallest absolute Gasteiger partial charge is 0.403 e. The van der Waals surface area contributed by atoms with E-state index in [0.717, 1.165) is 6.04 Å². The summed E-state index contributed by atoms with van der Waals surface area (Å²) in [6.07, 6.45) is 0. The Hall–Kier alpha value is -0.0231. The third kappa shape index (κ3) is 4.67. The molecule has 0 aliphatic heterocycles. The summed E-state index contributed by atoms with van der Waals surface area (Å²) in [6.45, 7) is 7.22. The second-order valence-electron chi connectivity index (χ2n) is 3.40. The molecule has 0 fully saturated rings. The van der Waals surface area contributed by atoms with Crippen LogP contribution in [0.1, 0.15) is 20.8 Å². The SMILES string of the molecule is CC[Si](CC)(CC)CCOC(=O)Cl. The molecular formula is C9H19ClO2Si. The molecule has 0 aromatic rings. The molecule has 0 saturated heterocycles. The first-order valence-corrected chi connectivity index (χ1v) is 8.13. The lowest BCUT2D eigenvalue weighted by Crippen LogP contribution is -2.32. The highest BCUT2D eigenvalue weighted by molar-refractivity contribution is 6.79. The molecule has 0 radical (unpaired) electrons. The van der Waals surface area contributed by atoms with Gasteiger partial charge in [-0.3, -0.25) is 0 Å². The van der Waals surface area contributed by atoms with E-state index in [-0.39, 0.29) is 0 Å². The Morgan fingerprint density at radius 3 is 2.00 bits per heavy atom. The molecule has 0 heterocycles. The van der Waals surface area contributed by atoms with Gasteiger partial charge in [-0.15, -0.1) is 0 Å². The molecule has 13 heavy (non-hydrogen) atoms. The van der Waals surface area contributed by atoms with E-state index < -0.39 is 13.5 Å². The number of halogens is 1. The predicted octanol–water partition coefficient (Wildman–Crippen LogP) is 3.87. The Morgan fingerprint density at radius 1 is 1.23 bits per heavy atom. The lowest BCUT2D eigenvalue weighted by Gasteiger charge is -2.27. The fourth-order valence-electron chi connectivity index (χ4n) is 1.63. The topological polar surface area (TPSA) is 26.3 Å². The predicted molar refractivity (Wildman–Crippen MR) is 59.2 cm³/mol. The van der Waals surface area contributed by atoms with E-state index >= 15 is 0 Å². The Labute approximate surface area is 86.6 Å². The van der Waals surface area contributed by atoms with Crippen LogP contribution in [0.3, 0.4) is 0 Å². The second-order valence-corrected chi connectivity index (χ2v) is 9.33. The maximum atomic E-state index is 10.4. The zero-order chi connectivity index (χ0) is 10.3. The van der Waals surface area contributed by atoms with Crippen LogP contribution >= 0.6 is 11.6 Å². The molecule has 78 valence electrons. The van der Waals surface area contributed by atoms with Crippen LogP contribution in [0.25, 0.3) is 0 Å².